The fourth-order valence-corrected chi connectivity index (χ4v) is 1.63. The topological polar surface area (TPSA) is 79.5 Å². The molecule has 2 atom stereocenters. The lowest BCUT2D eigenvalue weighted by Gasteiger charge is -2.09. The Morgan fingerprint density at radius 2 is 2.31 bits per heavy atom. The number of hydrogen-bond acceptors (Lipinski definition) is 4. The fraction of sp³-hybridized carbons (Fsp3) is 0.500. The Kier molecular flexibility index (Phi) is 4.70. The minimum absolute atomic E-state index is 0.0669. The van der Waals surface area contributed by atoms with Gasteiger partial charge in [0.2, 0.25) is 5.76 Å². The average molecular weight is 245 g/mol. The molecule has 2 N–H and O–H groups in total. The van der Waals surface area contributed by atoms with E-state index in [4.69, 9.17) is 9.52 Å². The largest absolute Gasteiger partial charge is 0.475 e. The van der Waals surface area contributed by atoms with Crippen LogP contribution in [0.4, 0.5) is 0 Å². The normalized spacial score (nSPS) is 14.6. The molecule has 90 valence electrons. The predicted molar refractivity (Wildman–Crippen MR) is 61.0 cm³/mol. The maximum absolute atomic E-state index is 10.8. The number of aromatic carboxylic acids is 1. The van der Waals surface area contributed by atoms with E-state index in [1.165, 1.54) is 6.07 Å². The fourth-order valence-electron chi connectivity index (χ4n) is 1.22. The smallest absolute Gasteiger partial charge is 0.371 e. The van der Waals surface area contributed by atoms with Crippen LogP contribution in [0.2, 0.25) is 0 Å². The zero-order chi connectivity index (χ0) is 12.1. The van der Waals surface area contributed by atoms with E-state index in [0.717, 1.165) is 0 Å². The third-order valence-corrected chi connectivity index (χ3v) is 2.88. The molecule has 0 saturated heterocycles. The maximum atomic E-state index is 10.8. The van der Waals surface area contributed by atoms with Crippen molar-refractivity contribution in [2.75, 3.05) is 18.6 Å². The number of carboxylic acids is 1. The maximum Gasteiger partial charge on any atom is 0.371 e. The first kappa shape index (κ1) is 12.9. The zero-order valence-corrected chi connectivity index (χ0v) is 10.0. The average Bonchev–Trinajstić information content (AvgIpc) is 2.65. The Morgan fingerprint density at radius 1 is 1.62 bits per heavy atom. The second-order valence-electron chi connectivity index (χ2n) is 3.46. The quantitative estimate of drug-likeness (QED) is 0.781. The molecule has 0 aliphatic carbocycles. The summed E-state index contributed by atoms with van der Waals surface area (Å²) in [6.07, 6.45) is 1.64. The summed E-state index contributed by atoms with van der Waals surface area (Å²) in [5.41, 5.74) is 0. The standard InChI is InChI=1S/C10H15NO4S/c1-7(11-5-6-16(2)14)8-3-4-9(15-8)10(12)13/h3-4,7,11H,5-6H2,1-2H3,(H,12,13). The van der Waals surface area contributed by atoms with E-state index >= 15 is 0 Å². The molecular weight excluding hydrogens is 230 g/mol. The minimum Gasteiger partial charge on any atom is -0.475 e. The van der Waals surface area contributed by atoms with Crippen molar-refractivity contribution < 1.29 is 18.5 Å². The van der Waals surface area contributed by atoms with Crippen molar-refractivity contribution >= 4 is 16.8 Å². The molecule has 0 saturated carbocycles. The van der Waals surface area contributed by atoms with Gasteiger partial charge in [-0.3, -0.25) is 4.21 Å². The summed E-state index contributed by atoms with van der Waals surface area (Å²) in [5.74, 6) is -0.00766. The minimum atomic E-state index is -1.08. The van der Waals surface area contributed by atoms with Crippen molar-refractivity contribution in [3.05, 3.63) is 23.7 Å². The van der Waals surface area contributed by atoms with Gasteiger partial charge in [-0.2, -0.15) is 0 Å². The number of furan rings is 1. The van der Waals surface area contributed by atoms with Gasteiger partial charge in [-0.15, -0.1) is 0 Å². The van der Waals surface area contributed by atoms with E-state index in [1.54, 1.807) is 12.3 Å². The molecule has 1 aromatic heterocycles. The second-order valence-corrected chi connectivity index (χ2v) is 5.01. The van der Waals surface area contributed by atoms with E-state index in [1.807, 2.05) is 6.92 Å². The number of hydrogen-bond donors (Lipinski definition) is 2. The highest BCUT2D eigenvalue weighted by Crippen LogP contribution is 2.15. The van der Waals surface area contributed by atoms with Crippen LogP contribution in [0.1, 0.15) is 29.3 Å². The van der Waals surface area contributed by atoms with Crippen molar-refractivity contribution in [1.29, 1.82) is 0 Å². The Balaban J connectivity index is 2.49. The summed E-state index contributed by atoms with van der Waals surface area (Å²) in [6, 6.07) is 2.97. The zero-order valence-electron chi connectivity index (χ0n) is 9.23. The van der Waals surface area contributed by atoms with Crippen molar-refractivity contribution in [2.24, 2.45) is 0 Å². The van der Waals surface area contributed by atoms with Crippen LogP contribution >= 0.6 is 0 Å². The van der Waals surface area contributed by atoms with E-state index < -0.39 is 16.8 Å². The van der Waals surface area contributed by atoms with Gasteiger partial charge in [-0.25, -0.2) is 4.79 Å². The van der Waals surface area contributed by atoms with Crippen LogP contribution in [0.15, 0.2) is 16.5 Å². The molecule has 2 unspecified atom stereocenters. The highest BCUT2D eigenvalue weighted by atomic mass is 32.2. The molecule has 0 aliphatic rings. The van der Waals surface area contributed by atoms with Gasteiger partial charge < -0.3 is 14.8 Å². The van der Waals surface area contributed by atoms with E-state index in [0.29, 0.717) is 18.1 Å². The van der Waals surface area contributed by atoms with Crippen LogP contribution in [0.5, 0.6) is 0 Å². The summed E-state index contributed by atoms with van der Waals surface area (Å²) in [7, 11) is -0.828. The van der Waals surface area contributed by atoms with Gasteiger partial charge in [0, 0.05) is 29.4 Å². The van der Waals surface area contributed by atoms with E-state index in [-0.39, 0.29) is 11.8 Å². The van der Waals surface area contributed by atoms with Crippen LogP contribution < -0.4 is 5.32 Å². The summed E-state index contributed by atoms with van der Waals surface area (Å²) in [4.78, 5) is 10.6. The number of carboxylic acid groups (broad SMARTS) is 1. The third kappa shape index (κ3) is 3.79. The molecule has 0 amide bonds. The van der Waals surface area contributed by atoms with Crippen LogP contribution in [0, 0.1) is 0 Å². The second kappa shape index (κ2) is 5.81. The van der Waals surface area contributed by atoms with Crippen LogP contribution in [0.3, 0.4) is 0 Å². The molecule has 5 nitrogen and oxygen atoms in total. The third-order valence-electron chi connectivity index (χ3n) is 2.10. The Morgan fingerprint density at radius 3 is 2.81 bits per heavy atom. The van der Waals surface area contributed by atoms with Gasteiger partial charge in [-0.05, 0) is 19.1 Å². The van der Waals surface area contributed by atoms with Gasteiger partial charge >= 0.3 is 5.97 Å². The molecule has 0 spiro atoms. The lowest BCUT2D eigenvalue weighted by Crippen LogP contribution is -2.23. The Hall–Kier alpha value is -1.14. The molecule has 0 aliphatic heterocycles. The first-order chi connectivity index (χ1) is 7.50. The molecule has 0 radical (unpaired) electrons. The number of rotatable bonds is 6. The van der Waals surface area contributed by atoms with Crippen LogP contribution in [-0.4, -0.2) is 33.8 Å². The van der Waals surface area contributed by atoms with E-state index in [9.17, 15) is 9.00 Å². The SMILES string of the molecule is CC(NCCS(C)=O)c1ccc(C(=O)O)o1. The van der Waals surface area contributed by atoms with E-state index in [2.05, 4.69) is 5.32 Å². The summed E-state index contributed by atoms with van der Waals surface area (Å²) in [6.45, 7) is 2.47. The summed E-state index contributed by atoms with van der Waals surface area (Å²) in [5, 5.41) is 11.8. The Labute approximate surface area is 96.3 Å². The van der Waals surface area contributed by atoms with Crippen molar-refractivity contribution in [2.45, 2.75) is 13.0 Å². The summed E-state index contributed by atoms with van der Waals surface area (Å²) < 4.78 is 16.0. The molecule has 16 heavy (non-hydrogen) atoms. The molecule has 0 bridgehead atoms. The Bertz CT molecular complexity index is 388. The highest BCUT2D eigenvalue weighted by Gasteiger charge is 2.13. The first-order valence-corrected chi connectivity index (χ1v) is 6.60. The molecule has 1 rings (SSSR count). The molecule has 1 heterocycles. The van der Waals surface area contributed by atoms with Crippen LogP contribution in [0.25, 0.3) is 0 Å². The highest BCUT2D eigenvalue weighted by molar-refractivity contribution is 7.84. The van der Waals surface area contributed by atoms with Crippen LogP contribution in [-0.2, 0) is 10.8 Å². The molecule has 6 heteroatoms. The summed E-state index contributed by atoms with van der Waals surface area (Å²) >= 11 is 0. The van der Waals surface area contributed by atoms with Gasteiger partial charge in [0.25, 0.3) is 0 Å². The lowest BCUT2D eigenvalue weighted by atomic mass is 10.2. The van der Waals surface area contributed by atoms with Gasteiger partial charge in [0.1, 0.15) is 5.76 Å². The van der Waals surface area contributed by atoms with Gasteiger partial charge in [0.15, 0.2) is 0 Å². The van der Waals surface area contributed by atoms with Crippen molar-refractivity contribution in [1.82, 2.24) is 5.32 Å². The van der Waals surface area contributed by atoms with Crippen molar-refractivity contribution in [3.8, 4) is 0 Å². The molecule has 0 aromatic carbocycles. The van der Waals surface area contributed by atoms with Gasteiger partial charge in [-0.1, -0.05) is 0 Å². The monoisotopic (exact) mass is 245 g/mol. The lowest BCUT2D eigenvalue weighted by molar-refractivity contribution is 0.0659. The van der Waals surface area contributed by atoms with Crippen molar-refractivity contribution in [3.63, 3.8) is 0 Å². The number of nitrogens with one attached hydrogen (secondary N) is 1. The molecule has 1 aromatic rings. The first-order valence-electron chi connectivity index (χ1n) is 4.87. The predicted octanol–water partition coefficient (Wildman–Crippen LogP) is 1.01. The molecular formula is C10H15NO4S. The number of carbonyl (C=O) groups is 1. The molecule has 0 fully saturated rings. The van der Waals surface area contributed by atoms with Gasteiger partial charge in [0.05, 0.1) is 6.04 Å².